The Kier molecular flexibility index (Phi) is 4.47. The van der Waals surface area contributed by atoms with Crippen LogP contribution in [-0.4, -0.2) is 19.2 Å². The first-order chi connectivity index (χ1) is 12.8. The molecule has 26 heavy (non-hydrogen) atoms. The zero-order valence-electron chi connectivity index (χ0n) is 14.0. The summed E-state index contributed by atoms with van der Waals surface area (Å²) in [6.07, 6.45) is 1.59. The second kappa shape index (κ2) is 7.23. The third-order valence-corrected chi connectivity index (χ3v) is 4.04. The zero-order chi connectivity index (χ0) is 17.8. The molecule has 132 valence electrons. The molecule has 2 heterocycles. The van der Waals surface area contributed by atoms with Crippen LogP contribution in [0.2, 0.25) is 0 Å². The number of fused-ring (bicyclic) bond motifs is 1. The SMILES string of the molecule is O=C(Nc1ccc2c(c1)OCCO2)NC(c1ccccc1)c1ccco1. The first-order valence-electron chi connectivity index (χ1n) is 8.35. The first kappa shape index (κ1) is 16.1. The standard InChI is InChI=1S/C20H18N2O4/c23-20(21-15-8-9-16-18(13-15)26-12-11-25-16)22-19(17-7-4-10-24-17)14-5-2-1-3-6-14/h1-10,13,19H,11-12H2,(H2,21,22,23). The molecule has 1 aromatic heterocycles. The van der Waals surface area contributed by atoms with E-state index < -0.39 is 0 Å². The minimum absolute atomic E-state index is 0.341. The van der Waals surface area contributed by atoms with Gasteiger partial charge in [-0.2, -0.15) is 0 Å². The quantitative estimate of drug-likeness (QED) is 0.747. The molecule has 0 fully saturated rings. The molecule has 0 bridgehead atoms. The minimum atomic E-state index is -0.386. The molecule has 6 nitrogen and oxygen atoms in total. The minimum Gasteiger partial charge on any atom is -0.486 e. The van der Waals surface area contributed by atoms with Crippen molar-refractivity contribution in [2.75, 3.05) is 18.5 Å². The number of nitrogens with one attached hydrogen (secondary N) is 2. The second-order valence-electron chi connectivity index (χ2n) is 5.82. The number of amides is 2. The van der Waals surface area contributed by atoms with Gasteiger partial charge in [0.15, 0.2) is 11.5 Å². The maximum atomic E-state index is 12.5. The van der Waals surface area contributed by atoms with Crippen LogP contribution in [0, 0.1) is 0 Å². The van der Waals surface area contributed by atoms with Crippen LogP contribution in [0.15, 0.2) is 71.3 Å². The van der Waals surface area contributed by atoms with Crippen LogP contribution in [0.1, 0.15) is 17.4 Å². The van der Waals surface area contributed by atoms with Crippen molar-refractivity contribution in [1.82, 2.24) is 5.32 Å². The third-order valence-electron chi connectivity index (χ3n) is 4.04. The van der Waals surface area contributed by atoms with Gasteiger partial charge in [0, 0.05) is 11.8 Å². The maximum Gasteiger partial charge on any atom is 0.320 e. The summed E-state index contributed by atoms with van der Waals surface area (Å²) in [4.78, 5) is 12.5. The predicted molar refractivity (Wildman–Crippen MR) is 96.6 cm³/mol. The highest BCUT2D eigenvalue weighted by atomic mass is 16.6. The van der Waals surface area contributed by atoms with Crippen LogP contribution in [0.4, 0.5) is 10.5 Å². The van der Waals surface area contributed by atoms with E-state index in [1.54, 1.807) is 30.5 Å². The van der Waals surface area contributed by atoms with Gasteiger partial charge in [-0.1, -0.05) is 30.3 Å². The van der Waals surface area contributed by atoms with Crippen LogP contribution >= 0.6 is 0 Å². The number of hydrogen-bond donors (Lipinski definition) is 2. The summed E-state index contributed by atoms with van der Waals surface area (Å²) >= 11 is 0. The van der Waals surface area contributed by atoms with Gasteiger partial charge in [-0.25, -0.2) is 4.79 Å². The van der Waals surface area contributed by atoms with E-state index in [9.17, 15) is 4.79 Å². The molecule has 4 rings (SSSR count). The van der Waals surface area contributed by atoms with Crippen molar-refractivity contribution in [3.05, 3.63) is 78.3 Å². The highest BCUT2D eigenvalue weighted by Gasteiger charge is 2.20. The monoisotopic (exact) mass is 350 g/mol. The van der Waals surface area contributed by atoms with Gasteiger partial charge in [-0.15, -0.1) is 0 Å². The van der Waals surface area contributed by atoms with Crippen LogP contribution in [0.5, 0.6) is 11.5 Å². The lowest BCUT2D eigenvalue weighted by Gasteiger charge is -2.20. The molecule has 1 unspecified atom stereocenters. The Labute approximate surface area is 150 Å². The van der Waals surface area contributed by atoms with E-state index in [0.717, 1.165) is 5.56 Å². The predicted octanol–water partition coefficient (Wildman–Crippen LogP) is 3.96. The third kappa shape index (κ3) is 3.49. The van der Waals surface area contributed by atoms with E-state index >= 15 is 0 Å². The lowest BCUT2D eigenvalue weighted by Crippen LogP contribution is -2.33. The first-order valence-corrected chi connectivity index (χ1v) is 8.35. The van der Waals surface area contributed by atoms with E-state index in [0.29, 0.717) is 36.2 Å². The highest BCUT2D eigenvalue weighted by molar-refractivity contribution is 5.90. The highest BCUT2D eigenvalue weighted by Crippen LogP contribution is 2.32. The summed E-state index contributed by atoms with van der Waals surface area (Å²) in [6.45, 7) is 1.03. The van der Waals surface area contributed by atoms with Crippen molar-refractivity contribution in [1.29, 1.82) is 0 Å². The Morgan fingerprint density at radius 2 is 1.73 bits per heavy atom. The van der Waals surface area contributed by atoms with Gasteiger partial charge in [0.05, 0.1) is 6.26 Å². The Morgan fingerprint density at radius 3 is 2.50 bits per heavy atom. The van der Waals surface area contributed by atoms with Crippen LogP contribution in [-0.2, 0) is 0 Å². The largest absolute Gasteiger partial charge is 0.486 e. The van der Waals surface area contributed by atoms with E-state index in [-0.39, 0.29) is 12.1 Å². The molecule has 1 atom stereocenters. The molecule has 0 radical (unpaired) electrons. The molecule has 2 aromatic carbocycles. The topological polar surface area (TPSA) is 72.7 Å². The molecule has 0 saturated carbocycles. The van der Waals surface area contributed by atoms with Gasteiger partial charge < -0.3 is 24.5 Å². The van der Waals surface area contributed by atoms with Gasteiger partial charge in [-0.05, 0) is 29.8 Å². The summed E-state index contributed by atoms with van der Waals surface area (Å²) in [5, 5.41) is 5.78. The van der Waals surface area contributed by atoms with Gasteiger partial charge in [0.25, 0.3) is 0 Å². The lowest BCUT2D eigenvalue weighted by molar-refractivity contribution is 0.171. The number of rotatable bonds is 4. The summed E-state index contributed by atoms with van der Waals surface area (Å²) in [7, 11) is 0. The number of carbonyl (C=O) groups excluding carboxylic acids is 1. The maximum absolute atomic E-state index is 12.5. The van der Waals surface area contributed by atoms with Gasteiger partial charge in [-0.3, -0.25) is 0 Å². The van der Waals surface area contributed by atoms with E-state index in [2.05, 4.69) is 10.6 Å². The number of carbonyl (C=O) groups is 1. The molecule has 0 saturated heterocycles. The Hall–Kier alpha value is -3.41. The Balaban J connectivity index is 1.50. The molecule has 0 aliphatic carbocycles. The van der Waals surface area contributed by atoms with E-state index in [1.807, 2.05) is 36.4 Å². The molecule has 3 aromatic rings. The molecule has 1 aliphatic heterocycles. The fraction of sp³-hybridized carbons (Fsp3) is 0.150. The Morgan fingerprint density at radius 1 is 0.923 bits per heavy atom. The van der Waals surface area contributed by atoms with Crippen molar-refractivity contribution >= 4 is 11.7 Å². The number of furan rings is 1. The second-order valence-corrected chi connectivity index (χ2v) is 5.82. The summed E-state index contributed by atoms with van der Waals surface area (Å²) in [5.74, 6) is 1.97. The smallest absolute Gasteiger partial charge is 0.320 e. The summed E-state index contributed by atoms with van der Waals surface area (Å²) in [6, 6.07) is 17.9. The molecule has 6 heteroatoms. The number of ether oxygens (including phenoxy) is 2. The fourth-order valence-corrected chi connectivity index (χ4v) is 2.84. The summed E-state index contributed by atoms with van der Waals surface area (Å²) in [5.41, 5.74) is 1.55. The van der Waals surface area contributed by atoms with Gasteiger partial charge >= 0.3 is 6.03 Å². The van der Waals surface area contributed by atoms with Gasteiger partial charge in [0.1, 0.15) is 25.0 Å². The van der Waals surface area contributed by atoms with Crippen LogP contribution in [0.3, 0.4) is 0 Å². The van der Waals surface area contributed by atoms with Crippen molar-refractivity contribution in [3.8, 4) is 11.5 Å². The molecular weight excluding hydrogens is 332 g/mol. The molecule has 2 amide bonds. The van der Waals surface area contributed by atoms with Crippen LogP contribution in [0.25, 0.3) is 0 Å². The molecule has 0 spiro atoms. The van der Waals surface area contributed by atoms with Crippen molar-refractivity contribution in [2.45, 2.75) is 6.04 Å². The van der Waals surface area contributed by atoms with Crippen molar-refractivity contribution < 1.29 is 18.7 Å². The van der Waals surface area contributed by atoms with Crippen molar-refractivity contribution in [2.24, 2.45) is 0 Å². The number of hydrogen-bond acceptors (Lipinski definition) is 4. The number of benzene rings is 2. The summed E-state index contributed by atoms with van der Waals surface area (Å²) < 4.78 is 16.5. The van der Waals surface area contributed by atoms with Crippen LogP contribution < -0.4 is 20.1 Å². The van der Waals surface area contributed by atoms with Gasteiger partial charge in [0.2, 0.25) is 0 Å². The number of anilines is 1. The lowest BCUT2D eigenvalue weighted by atomic mass is 10.1. The van der Waals surface area contributed by atoms with E-state index in [1.165, 1.54) is 0 Å². The fourth-order valence-electron chi connectivity index (χ4n) is 2.84. The van der Waals surface area contributed by atoms with Crippen molar-refractivity contribution in [3.63, 3.8) is 0 Å². The number of urea groups is 1. The molecule has 1 aliphatic rings. The average Bonchev–Trinajstić information content (AvgIpc) is 3.21. The Bertz CT molecular complexity index is 878. The normalized spacial score (nSPS) is 13.7. The molecular formula is C20H18N2O4. The van der Waals surface area contributed by atoms with E-state index in [4.69, 9.17) is 13.9 Å². The molecule has 2 N–H and O–H groups in total. The zero-order valence-corrected chi connectivity index (χ0v) is 14.0. The average molecular weight is 350 g/mol.